The second-order valence-corrected chi connectivity index (χ2v) is 4.58. The topological polar surface area (TPSA) is 61.0 Å². The number of nitrogens with zero attached hydrogens (tertiary/aromatic N) is 2. The van der Waals surface area contributed by atoms with Crippen LogP contribution in [0.5, 0.6) is 0 Å². The van der Waals surface area contributed by atoms with Gasteiger partial charge in [-0.05, 0) is 5.56 Å². The minimum absolute atomic E-state index is 0.0671. The van der Waals surface area contributed by atoms with E-state index >= 15 is 0 Å². The van der Waals surface area contributed by atoms with E-state index in [4.69, 9.17) is 0 Å². The van der Waals surface area contributed by atoms with Gasteiger partial charge in [0.25, 0.3) is 0 Å². The van der Waals surface area contributed by atoms with Crippen LogP contribution < -0.4 is 5.32 Å². The van der Waals surface area contributed by atoms with Crippen LogP contribution in [0.15, 0.2) is 36.7 Å². The molecule has 1 aromatic carbocycles. The van der Waals surface area contributed by atoms with Crippen molar-refractivity contribution in [1.82, 2.24) is 20.2 Å². The fraction of sp³-hybridized carbons (Fsp3) is 0.286. The molecule has 5 heteroatoms. The van der Waals surface area contributed by atoms with E-state index in [1.165, 1.54) is 0 Å². The van der Waals surface area contributed by atoms with Crippen molar-refractivity contribution < 1.29 is 4.79 Å². The Bertz CT molecular complexity index is 578. The van der Waals surface area contributed by atoms with Crippen molar-refractivity contribution in [3.63, 3.8) is 0 Å². The minimum atomic E-state index is -0.115. The first-order valence-corrected chi connectivity index (χ1v) is 6.36. The fourth-order valence-corrected chi connectivity index (χ4v) is 2.61. The van der Waals surface area contributed by atoms with Gasteiger partial charge in [-0.15, -0.1) is 0 Å². The molecule has 5 nitrogen and oxygen atoms in total. The third-order valence-electron chi connectivity index (χ3n) is 3.52. The Morgan fingerprint density at radius 2 is 2.21 bits per heavy atom. The SMILES string of the molecule is CNC(=O)N1CCc2[nH]cnc2C1c1ccccc1. The first kappa shape index (κ1) is 11.8. The van der Waals surface area contributed by atoms with Crippen molar-refractivity contribution >= 4 is 6.03 Å². The summed E-state index contributed by atoms with van der Waals surface area (Å²) >= 11 is 0. The van der Waals surface area contributed by atoms with Gasteiger partial charge in [0.15, 0.2) is 0 Å². The Morgan fingerprint density at radius 1 is 1.42 bits per heavy atom. The number of carbonyl (C=O) groups excluding carboxylic acids is 1. The van der Waals surface area contributed by atoms with E-state index < -0.39 is 0 Å². The monoisotopic (exact) mass is 256 g/mol. The van der Waals surface area contributed by atoms with Gasteiger partial charge < -0.3 is 15.2 Å². The van der Waals surface area contributed by atoms with Gasteiger partial charge in [0.05, 0.1) is 12.0 Å². The molecule has 19 heavy (non-hydrogen) atoms. The molecule has 2 amide bonds. The molecule has 0 fully saturated rings. The minimum Gasteiger partial charge on any atom is -0.348 e. The molecule has 0 radical (unpaired) electrons. The summed E-state index contributed by atoms with van der Waals surface area (Å²) in [5.41, 5.74) is 3.15. The number of urea groups is 1. The van der Waals surface area contributed by atoms with Gasteiger partial charge in [-0.3, -0.25) is 0 Å². The van der Waals surface area contributed by atoms with E-state index in [1.807, 2.05) is 35.2 Å². The number of nitrogens with one attached hydrogen (secondary N) is 2. The predicted molar refractivity (Wildman–Crippen MR) is 71.7 cm³/mol. The van der Waals surface area contributed by atoms with Gasteiger partial charge in [0.2, 0.25) is 0 Å². The maximum absolute atomic E-state index is 12.1. The first-order chi connectivity index (χ1) is 9.31. The van der Waals surface area contributed by atoms with E-state index in [-0.39, 0.29) is 12.1 Å². The third kappa shape index (κ3) is 1.97. The van der Waals surface area contributed by atoms with Crippen molar-refractivity contribution in [2.24, 2.45) is 0 Å². The number of H-pyrrole nitrogens is 1. The lowest BCUT2D eigenvalue weighted by molar-refractivity contribution is 0.181. The molecule has 0 saturated heterocycles. The highest BCUT2D eigenvalue weighted by molar-refractivity contribution is 5.75. The smallest absolute Gasteiger partial charge is 0.317 e. The summed E-state index contributed by atoms with van der Waals surface area (Å²) in [6.07, 6.45) is 2.51. The number of carbonyl (C=O) groups is 1. The van der Waals surface area contributed by atoms with Gasteiger partial charge in [-0.25, -0.2) is 9.78 Å². The number of aromatic nitrogens is 2. The Morgan fingerprint density at radius 3 is 2.95 bits per heavy atom. The number of fused-ring (bicyclic) bond motifs is 1. The molecule has 1 atom stereocenters. The lowest BCUT2D eigenvalue weighted by atomic mass is 9.96. The first-order valence-electron chi connectivity index (χ1n) is 6.36. The average Bonchev–Trinajstić information content (AvgIpc) is 2.94. The summed E-state index contributed by atoms with van der Waals surface area (Å²) in [4.78, 5) is 21.5. The lowest BCUT2D eigenvalue weighted by Gasteiger charge is -2.34. The molecule has 2 heterocycles. The largest absolute Gasteiger partial charge is 0.348 e. The van der Waals surface area contributed by atoms with Gasteiger partial charge >= 0.3 is 6.03 Å². The number of aromatic amines is 1. The summed E-state index contributed by atoms with van der Waals surface area (Å²) in [7, 11) is 1.66. The second-order valence-electron chi connectivity index (χ2n) is 4.58. The van der Waals surface area contributed by atoms with E-state index in [0.29, 0.717) is 6.54 Å². The molecule has 0 spiro atoms. The molecule has 3 rings (SSSR count). The standard InChI is InChI=1S/C14H16N4O/c1-15-14(19)18-8-7-11-12(17-9-16-11)13(18)10-5-3-2-4-6-10/h2-6,9,13H,7-8H2,1H3,(H,15,19)(H,16,17). The number of rotatable bonds is 1. The van der Waals surface area contributed by atoms with E-state index in [0.717, 1.165) is 23.4 Å². The van der Waals surface area contributed by atoms with Crippen LogP contribution in [0.3, 0.4) is 0 Å². The van der Waals surface area contributed by atoms with Crippen molar-refractivity contribution in [2.75, 3.05) is 13.6 Å². The van der Waals surface area contributed by atoms with Crippen molar-refractivity contribution in [3.05, 3.63) is 53.6 Å². The van der Waals surface area contributed by atoms with Crippen LogP contribution >= 0.6 is 0 Å². The zero-order chi connectivity index (χ0) is 13.2. The van der Waals surface area contributed by atoms with Crippen LogP contribution in [0.1, 0.15) is 23.0 Å². The van der Waals surface area contributed by atoms with E-state index in [9.17, 15) is 4.79 Å². The van der Waals surface area contributed by atoms with Crippen molar-refractivity contribution in [3.8, 4) is 0 Å². The summed E-state index contributed by atoms with van der Waals surface area (Å²) < 4.78 is 0. The quantitative estimate of drug-likeness (QED) is 0.815. The molecular formula is C14H16N4O. The van der Waals surface area contributed by atoms with E-state index in [1.54, 1.807) is 13.4 Å². The molecule has 1 unspecified atom stereocenters. The van der Waals surface area contributed by atoms with Crippen LogP contribution in [-0.2, 0) is 6.42 Å². The summed E-state index contributed by atoms with van der Waals surface area (Å²) in [6, 6.07) is 9.83. The normalized spacial score (nSPS) is 17.9. The van der Waals surface area contributed by atoms with Crippen molar-refractivity contribution in [2.45, 2.75) is 12.5 Å². The molecule has 1 aliphatic rings. The number of amides is 2. The average molecular weight is 256 g/mol. The third-order valence-corrected chi connectivity index (χ3v) is 3.52. The molecular weight excluding hydrogens is 240 g/mol. The van der Waals surface area contributed by atoms with Crippen LogP contribution in [0, 0.1) is 0 Å². The Balaban J connectivity index is 2.07. The molecule has 2 N–H and O–H groups in total. The zero-order valence-corrected chi connectivity index (χ0v) is 10.8. The predicted octanol–water partition coefficient (Wildman–Crippen LogP) is 1.70. The fourth-order valence-electron chi connectivity index (χ4n) is 2.61. The number of hydrogen-bond donors (Lipinski definition) is 2. The molecule has 0 saturated carbocycles. The summed E-state index contributed by atoms with van der Waals surface area (Å²) in [6.45, 7) is 0.689. The van der Waals surface area contributed by atoms with Crippen molar-refractivity contribution in [1.29, 1.82) is 0 Å². The zero-order valence-electron chi connectivity index (χ0n) is 10.8. The Hall–Kier alpha value is -2.30. The van der Waals surface area contributed by atoms with Crippen LogP contribution in [0.25, 0.3) is 0 Å². The summed E-state index contributed by atoms with van der Waals surface area (Å²) in [5, 5.41) is 2.71. The van der Waals surface area contributed by atoms with Gasteiger partial charge in [0.1, 0.15) is 6.04 Å². The Kier molecular flexibility index (Phi) is 2.95. The van der Waals surface area contributed by atoms with E-state index in [2.05, 4.69) is 15.3 Å². The van der Waals surface area contributed by atoms with Crippen LogP contribution in [-0.4, -0.2) is 34.5 Å². The highest BCUT2D eigenvalue weighted by Crippen LogP contribution is 2.32. The molecule has 1 aliphatic heterocycles. The molecule has 98 valence electrons. The maximum atomic E-state index is 12.1. The van der Waals surface area contributed by atoms with Crippen LogP contribution in [0.2, 0.25) is 0 Å². The van der Waals surface area contributed by atoms with Gasteiger partial charge in [-0.1, -0.05) is 30.3 Å². The molecule has 2 aromatic rings. The molecule has 1 aromatic heterocycles. The maximum Gasteiger partial charge on any atom is 0.317 e. The number of benzene rings is 1. The number of imidazole rings is 1. The highest BCUT2D eigenvalue weighted by atomic mass is 16.2. The molecule has 0 aliphatic carbocycles. The molecule has 0 bridgehead atoms. The second kappa shape index (κ2) is 4.76. The summed E-state index contributed by atoms with van der Waals surface area (Å²) in [5.74, 6) is 0. The lowest BCUT2D eigenvalue weighted by Crippen LogP contribution is -2.45. The number of hydrogen-bond acceptors (Lipinski definition) is 2. The van der Waals surface area contributed by atoms with Crippen LogP contribution in [0.4, 0.5) is 4.79 Å². The van der Waals surface area contributed by atoms with Gasteiger partial charge in [-0.2, -0.15) is 0 Å². The van der Waals surface area contributed by atoms with Gasteiger partial charge in [0, 0.05) is 25.7 Å². The highest BCUT2D eigenvalue weighted by Gasteiger charge is 2.33. The Labute approximate surface area is 111 Å².